The summed E-state index contributed by atoms with van der Waals surface area (Å²) in [4.78, 5) is 26.4. The van der Waals surface area contributed by atoms with E-state index >= 15 is 0 Å². The zero-order valence-corrected chi connectivity index (χ0v) is 12.3. The van der Waals surface area contributed by atoms with Gasteiger partial charge in [0.05, 0.1) is 18.2 Å². The Morgan fingerprint density at radius 1 is 1.65 bits per heavy atom. The summed E-state index contributed by atoms with van der Waals surface area (Å²) in [5.74, 6) is -0.898. The molecule has 0 radical (unpaired) electrons. The standard InChI is InChI=1S/C13H13N5O5/c1-3-22-12(19)10-7(2)16-13(15-6-14)17-11(10)8-4-5-9(23-8)18(20)21/h4-5,11H,3H2,1-2H3,(H2,15,16,17)/t11-/m1/s1. The van der Waals surface area contributed by atoms with Crippen LogP contribution in [0.3, 0.4) is 0 Å². The molecule has 10 nitrogen and oxygen atoms in total. The summed E-state index contributed by atoms with van der Waals surface area (Å²) in [6.45, 7) is 3.42. The SMILES string of the molecule is CCOC(=O)C1=C(C)NC(NC#N)=N[C@@H]1c1ccc([N+](=O)[O-])o1. The summed E-state index contributed by atoms with van der Waals surface area (Å²) in [6.07, 6.45) is 1.70. The fourth-order valence-corrected chi connectivity index (χ4v) is 2.06. The summed E-state index contributed by atoms with van der Waals surface area (Å²) >= 11 is 0. The molecule has 1 aromatic rings. The van der Waals surface area contributed by atoms with E-state index in [1.807, 2.05) is 0 Å². The molecule has 0 aliphatic carbocycles. The summed E-state index contributed by atoms with van der Waals surface area (Å²) < 4.78 is 10.1. The Labute approximate surface area is 130 Å². The van der Waals surface area contributed by atoms with Crippen molar-refractivity contribution in [2.45, 2.75) is 19.9 Å². The number of carbonyl (C=O) groups is 1. The second-order valence-electron chi connectivity index (χ2n) is 4.43. The lowest BCUT2D eigenvalue weighted by atomic mass is 10.0. The highest BCUT2D eigenvalue weighted by molar-refractivity contribution is 5.95. The number of nitriles is 1. The van der Waals surface area contributed by atoms with E-state index in [4.69, 9.17) is 14.4 Å². The average Bonchev–Trinajstić information content (AvgIpc) is 2.97. The molecule has 0 fully saturated rings. The smallest absolute Gasteiger partial charge is 0.433 e. The van der Waals surface area contributed by atoms with E-state index in [-0.39, 0.29) is 23.9 Å². The molecule has 2 heterocycles. The monoisotopic (exact) mass is 319 g/mol. The average molecular weight is 319 g/mol. The van der Waals surface area contributed by atoms with Crippen molar-refractivity contribution < 1.29 is 18.9 Å². The third-order valence-electron chi connectivity index (χ3n) is 2.97. The van der Waals surface area contributed by atoms with E-state index in [1.165, 1.54) is 12.1 Å². The number of aliphatic imine (C=N–C) groups is 1. The van der Waals surface area contributed by atoms with Gasteiger partial charge in [0.15, 0.2) is 6.19 Å². The van der Waals surface area contributed by atoms with E-state index < -0.39 is 22.8 Å². The van der Waals surface area contributed by atoms with Crippen LogP contribution in [-0.2, 0) is 9.53 Å². The maximum Gasteiger partial charge on any atom is 0.433 e. The van der Waals surface area contributed by atoms with E-state index in [1.54, 1.807) is 20.0 Å². The molecule has 1 aromatic heterocycles. The minimum atomic E-state index is -0.958. The van der Waals surface area contributed by atoms with Crippen LogP contribution in [0, 0.1) is 21.6 Å². The number of nitrogens with one attached hydrogen (secondary N) is 2. The largest absolute Gasteiger partial charge is 0.463 e. The number of allylic oxidation sites excluding steroid dienone is 1. The number of ether oxygens (including phenoxy) is 1. The maximum atomic E-state index is 12.1. The predicted octanol–water partition coefficient (Wildman–Crippen LogP) is 1.10. The highest BCUT2D eigenvalue weighted by Gasteiger charge is 2.33. The number of nitro groups is 1. The molecule has 0 bridgehead atoms. The molecule has 2 rings (SSSR count). The quantitative estimate of drug-likeness (QED) is 0.276. The van der Waals surface area contributed by atoms with Crippen LogP contribution in [0.2, 0.25) is 0 Å². The Hall–Kier alpha value is -3.35. The number of hydrogen-bond acceptors (Lipinski definition) is 9. The van der Waals surface area contributed by atoms with Gasteiger partial charge in [-0.25, -0.2) is 9.79 Å². The summed E-state index contributed by atoms with van der Waals surface area (Å²) in [5, 5.41) is 24.5. The molecule has 0 aromatic carbocycles. The van der Waals surface area contributed by atoms with Crippen molar-refractivity contribution in [3.63, 3.8) is 0 Å². The number of nitrogens with zero attached hydrogens (tertiary/aromatic N) is 3. The van der Waals surface area contributed by atoms with Gasteiger partial charge in [-0.1, -0.05) is 0 Å². The Balaban J connectivity index is 2.46. The molecule has 0 unspecified atom stereocenters. The summed E-state index contributed by atoms with van der Waals surface area (Å²) in [5.41, 5.74) is 0.555. The van der Waals surface area contributed by atoms with Crippen LogP contribution >= 0.6 is 0 Å². The third kappa shape index (κ3) is 3.29. The maximum absolute atomic E-state index is 12.1. The molecule has 0 spiro atoms. The number of esters is 1. The topological polar surface area (TPSA) is 143 Å². The lowest BCUT2D eigenvalue weighted by Crippen LogP contribution is -2.39. The Kier molecular flexibility index (Phi) is 4.61. The van der Waals surface area contributed by atoms with Crippen LogP contribution in [0.25, 0.3) is 0 Å². The Morgan fingerprint density at radius 3 is 2.96 bits per heavy atom. The number of carbonyl (C=O) groups excluding carboxylic acids is 1. The van der Waals surface area contributed by atoms with Crippen molar-refractivity contribution in [1.29, 1.82) is 5.26 Å². The molecule has 1 aliphatic rings. The van der Waals surface area contributed by atoms with Crippen LogP contribution in [0.15, 0.2) is 32.8 Å². The first-order chi connectivity index (χ1) is 11.0. The zero-order valence-electron chi connectivity index (χ0n) is 12.3. The molecule has 0 saturated carbocycles. The lowest BCUT2D eigenvalue weighted by Gasteiger charge is -2.23. The van der Waals surface area contributed by atoms with Crippen LogP contribution < -0.4 is 10.6 Å². The van der Waals surface area contributed by atoms with Crippen molar-refractivity contribution in [3.05, 3.63) is 39.3 Å². The number of furan rings is 1. The van der Waals surface area contributed by atoms with E-state index in [0.717, 1.165) is 0 Å². The minimum Gasteiger partial charge on any atom is -0.463 e. The molecule has 0 saturated heterocycles. The first-order valence-electron chi connectivity index (χ1n) is 6.59. The van der Waals surface area contributed by atoms with Crippen LogP contribution in [-0.4, -0.2) is 23.5 Å². The Morgan fingerprint density at radius 2 is 2.39 bits per heavy atom. The second kappa shape index (κ2) is 6.61. The van der Waals surface area contributed by atoms with Crippen molar-refractivity contribution in [2.24, 2.45) is 4.99 Å². The van der Waals surface area contributed by atoms with Gasteiger partial charge in [-0.15, -0.1) is 0 Å². The van der Waals surface area contributed by atoms with Gasteiger partial charge in [-0.2, -0.15) is 5.26 Å². The van der Waals surface area contributed by atoms with Gasteiger partial charge in [0, 0.05) is 5.70 Å². The molecular formula is C13H13N5O5. The fraction of sp³-hybridized carbons (Fsp3) is 0.308. The van der Waals surface area contributed by atoms with Crippen molar-refractivity contribution in [3.8, 4) is 6.19 Å². The number of rotatable bonds is 4. The molecule has 1 atom stereocenters. The highest BCUT2D eigenvalue weighted by Crippen LogP contribution is 2.33. The molecular weight excluding hydrogens is 306 g/mol. The first-order valence-corrected chi connectivity index (χ1v) is 6.59. The van der Waals surface area contributed by atoms with Crippen molar-refractivity contribution in [2.75, 3.05) is 6.61 Å². The van der Waals surface area contributed by atoms with Crippen LogP contribution in [0.1, 0.15) is 25.6 Å². The third-order valence-corrected chi connectivity index (χ3v) is 2.97. The van der Waals surface area contributed by atoms with E-state index in [2.05, 4.69) is 15.6 Å². The van der Waals surface area contributed by atoms with Gasteiger partial charge in [0.2, 0.25) is 5.96 Å². The van der Waals surface area contributed by atoms with Crippen LogP contribution in [0.4, 0.5) is 5.88 Å². The molecule has 10 heteroatoms. The summed E-state index contributed by atoms with van der Waals surface area (Å²) in [7, 11) is 0. The van der Waals surface area contributed by atoms with Gasteiger partial charge in [0.25, 0.3) is 0 Å². The Bertz CT molecular complexity index is 742. The van der Waals surface area contributed by atoms with Crippen LogP contribution in [0.5, 0.6) is 0 Å². The molecule has 1 aliphatic heterocycles. The predicted molar refractivity (Wildman–Crippen MR) is 76.8 cm³/mol. The van der Waals surface area contributed by atoms with Gasteiger partial charge in [-0.3, -0.25) is 15.4 Å². The normalized spacial score (nSPS) is 16.9. The second-order valence-corrected chi connectivity index (χ2v) is 4.43. The van der Waals surface area contributed by atoms with E-state index in [0.29, 0.717) is 5.70 Å². The van der Waals surface area contributed by atoms with Gasteiger partial charge in [-0.05, 0) is 19.9 Å². The van der Waals surface area contributed by atoms with Crippen molar-refractivity contribution >= 4 is 17.8 Å². The zero-order chi connectivity index (χ0) is 17.0. The fourth-order valence-electron chi connectivity index (χ4n) is 2.06. The molecule has 0 amide bonds. The summed E-state index contributed by atoms with van der Waals surface area (Å²) in [6, 6.07) is 1.57. The van der Waals surface area contributed by atoms with Gasteiger partial charge < -0.3 is 14.5 Å². The van der Waals surface area contributed by atoms with Crippen molar-refractivity contribution in [1.82, 2.24) is 10.6 Å². The minimum absolute atomic E-state index is 0.0952. The van der Waals surface area contributed by atoms with E-state index in [9.17, 15) is 14.9 Å². The molecule has 120 valence electrons. The highest BCUT2D eigenvalue weighted by atomic mass is 16.6. The first kappa shape index (κ1) is 16.0. The molecule has 2 N–H and O–H groups in total. The number of guanidine groups is 1. The van der Waals surface area contributed by atoms with Gasteiger partial charge >= 0.3 is 11.9 Å². The number of hydrogen-bond donors (Lipinski definition) is 2. The molecule has 23 heavy (non-hydrogen) atoms. The van der Waals surface area contributed by atoms with Gasteiger partial charge in [0.1, 0.15) is 16.7 Å². The lowest BCUT2D eigenvalue weighted by molar-refractivity contribution is -0.402.